The van der Waals surface area contributed by atoms with Crippen molar-refractivity contribution in [2.75, 3.05) is 9.80 Å². The Hall–Kier alpha value is -7.47. The zero-order chi connectivity index (χ0) is 41.4. The van der Waals surface area contributed by atoms with Gasteiger partial charge in [-0.15, -0.1) is 24.5 Å². The maximum absolute atomic E-state index is 6.53. The van der Waals surface area contributed by atoms with Crippen LogP contribution >= 0.6 is 0 Å². The first-order valence-corrected chi connectivity index (χ1v) is 20.7. The fourth-order valence-electron chi connectivity index (χ4n) is 8.50. The van der Waals surface area contributed by atoms with Crippen LogP contribution in [0.2, 0.25) is 0 Å². The molecule has 7 nitrogen and oxygen atoms in total. The third-order valence-electron chi connectivity index (χ3n) is 11.4. The van der Waals surface area contributed by atoms with E-state index in [0.717, 1.165) is 78.1 Å². The average molecular weight is 996 g/mol. The van der Waals surface area contributed by atoms with Crippen LogP contribution in [0, 0.1) is 26.0 Å². The molecule has 63 heavy (non-hydrogen) atoms. The Labute approximate surface area is 381 Å². The summed E-state index contributed by atoms with van der Waals surface area (Å²) in [5.74, 6) is 0. The number of nitrogens with zero attached hydrogens (tertiary/aromatic N) is 6. The number of para-hydroxylation sites is 4. The molecule has 7 aromatic carbocycles. The van der Waals surface area contributed by atoms with E-state index >= 15 is 0 Å². The van der Waals surface area contributed by atoms with Gasteiger partial charge in [-0.3, -0.25) is 0 Å². The number of hydrogen-bond donors (Lipinski definition) is 0. The van der Waals surface area contributed by atoms with Crippen LogP contribution in [-0.4, -0.2) is 4.57 Å². The first kappa shape index (κ1) is 39.7. The predicted molar refractivity (Wildman–Crippen MR) is 247 cm³/mol. The molecule has 0 saturated heterocycles. The molecule has 3 aromatic heterocycles. The quantitative estimate of drug-likeness (QED) is 0.101. The number of aryl methyl sites for hydroxylation is 1. The summed E-state index contributed by atoms with van der Waals surface area (Å²) in [6.45, 7) is 4.25. The molecule has 0 saturated carbocycles. The van der Waals surface area contributed by atoms with Crippen molar-refractivity contribution in [1.29, 1.82) is 0 Å². The van der Waals surface area contributed by atoms with Gasteiger partial charge in [0.25, 0.3) is 0 Å². The fraction of sp³-hybridized carbons (Fsp3) is 0.0364. The Bertz CT molecular complexity index is 3140. The van der Waals surface area contributed by atoms with Gasteiger partial charge in [-0.05, 0) is 73.5 Å². The van der Waals surface area contributed by atoms with Crippen LogP contribution < -0.4 is 24.2 Å². The van der Waals surface area contributed by atoms with Crippen LogP contribution in [0.5, 0.6) is 0 Å². The van der Waals surface area contributed by atoms with Crippen molar-refractivity contribution in [3.05, 3.63) is 248 Å². The zero-order valence-electron chi connectivity index (χ0n) is 34.3. The molecule has 1 aliphatic rings. The van der Waals surface area contributed by atoms with E-state index in [-0.39, 0.29) is 27.2 Å². The van der Waals surface area contributed by atoms with Gasteiger partial charge >= 0.3 is 21.1 Å². The molecule has 0 aliphatic carbocycles. The summed E-state index contributed by atoms with van der Waals surface area (Å²) in [7, 11) is 0. The monoisotopic (exact) mass is 995 g/mol. The smallest absolute Gasteiger partial charge is 0.661 e. The molecule has 0 fully saturated rings. The minimum absolute atomic E-state index is 0. The van der Waals surface area contributed by atoms with Crippen molar-refractivity contribution >= 4 is 50.2 Å². The van der Waals surface area contributed by atoms with Crippen molar-refractivity contribution < 1.29 is 35.5 Å². The van der Waals surface area contributed by atoms with E-state index in [9.17, 15) is 0 Å². The van der Waals surface area contributed by atoms with E-state index < -0.39 is 0 Å². The second kappa shape index (κ2) is 17.1. The fourth-order valence-corrected chi connectivity index (χ4v) is 8.50. The Morgan fingerprint density at radius 3 is 1.84 bits per heavy atom. The number of anilines is 4. The molecule has 1 atom stereocenters. The van der Waals surface area contributed by atoms with Gasteiger partial charge in [0, 0.05) is 39.2 Å². The minimum Gasteiger partial charge on any atom is -0.661 e. The van der Waals surface area contributed by atoms with E-state index in [1.54, 1.807) is 9.46 Å². The molecule has 8 heteroatoms. The van der Waals surface area contributed by atoms with E-state index in [4.69, 9.17) is 10.3 Å². The third-order valence-corrected chi connectivity index (χ3v) is 11.4. The van der Waals surface area contributed by atoms with Gasteiger partial charge in [-0.1, -0.05) is 181 Å². The second-order valence-electron chi connectivity index (χ2n) is 15.3. The van der Waals surface area contributed by atoms with Gasteiger partial charge in [0.05, 0.1) is 0 Å². The molecule has 11 rings (SSSR count). The van der Waals surface area contributed by atoms with Crippen molar-refractivity contribution in [3.63, 3.8) is 0 Å². The number of rotatable bonds is 10. The molecule has 304 valence electrons. The SMILES string of the molecule is Cc1ccc([N-]C(c2ccccc2)n2c3[c-][n+](O[n+]4[c-]c(N5[CH-]N(c6c(-c7ccccc7)cccc6-c6ccccc6)c6ccccc65)ccc4)ccc3c3ccccc32)cc1.[Pt+4]. The maximum atomic E-state index is 6.53. The molecule has 0 spiro atoms. The second-order valence-corrected chi connectivity index (χ2v) is 15.3. The number of benzene rings is 7. The normalized spacial score (nSPS) is 12.5. The van der Waals surface area contributed by atoms with Gasteiger partial charge in [0.2, 0.25) is 6.20 Å². The topological polar surface area (TPSA) is 42.5 Å². The number of pyridine rings is 2. The molecule has 10 aromatic rings. The van der Waals surface area contributed by atoms with Gasteiger partial charge < -0.3 is 19.7 Å². The average Bonchev–Trinajstić information content (AvgIpc) is 3.88. The standard InChI is InChI=1S/C55H40N6O.Pt/c1-40-30-32-44(33-31-40)56-55(43-21-9-4-10-22-43)61-50-27-12-11-24-48(50)49-34-36-58(38-53(49)61)62-57-35-16-23-45(37-57)59-39-60(52-29-14-13-28-51(52)59)54-46(41-17-5-2-6-18-41)25-15-26-47(54)42-19-7-3-8-20-42;/h2-36,39,55H,1H3;/q-2;+4. The predicted octanol–water partition coefficient (Wildman–Crippen LogP) is 12.2. The Morgan fingerprint density at radius 2 is 1.14 bits per heavy atom. The molecule has 0 radical (unpaired) electrons. The van der Waals surface area contributed by atoms with Crippen molar-refractivity contribution in [2.24, 2.45) is 0 Å². The molecule has 0 bridgehead atoms. The molecule has 4 heterocycles. The Balaban J connectivity index is 0.00000471. The van der Waals surface area contributed by atoms with E-state index in [2.05, 4.69) is 222 Å². The van der Waals surface area contributed by atoms with E-state index in [0.29, 0.717) is 0 Å². The first-order valence-electron chi connectivity index (χ1n) is 20.7. The van der Waals surface area contributed by atoms with Crippen molar-refractivity contribution in [2.45, 2.75) is 13.1 Å². The Morgan fingerprint density at radius 1 is 0.540 bits per heavy atom. The van der Waals surface area contributed by atoms with Gasteiger partial charge in [0.15, 0.2) is 6.20 Å². The summed E-state index contributed by atoms with van der Waals surface area (Å²) in [4.78, 5) is 11.0. The van der Waals surface area contributed by atoms with Crippen molar-refractivity contribution in [1.82, 2.24) is 4.57 Å². The molecule has 1 unspecified atom stereocenters. The number of hydrogen-bond acceptors (Lipinski definition) is 3. The van der Waals surface area contributed by atoms with Crippen LogP contribution in [-0.2, 0) is 21.1 Å². The summed E-state index contributed by atoms with van der Waals surface area (Å²) >= 11 is 0. The molecule has 0 N–H and O–H groups in total. The van der Waals surface area contributed by atoms with Gasteiger partial charge in [0.1, 0.15) is 12.4 Å². The van der Waals surface area contributed by atoms with Crippen molar-refractivity contribution in [3.8, 4) is 22.3 Å². The van der Waals surface area contributed by atoms with E-state index in [1.807, 2.05) is 30.6 Å². The van der Waals surface area contributed by atoms with Crippen LogP contribution in [0.4, 0.5) is 28.4 Å². The zero-order valence-corrected chi connectivity index (χ0v) is 36.5. The first-order chi connectivity index (χ1) is 30.7. The number of aromatic nitrogens is 3. The largest absolute Gasteiger partial charge is 4.00 e. The van der Waals surface area contributed by atoms with Crippen LogP contribution in [0.3, 0.4) is 0 Å². The molecule has 0 amide bonds. The molecular weight excluding hydrogens is 956 g/mol. The molecule has 1 aliphatic heterocycles. The summed E-state index contributed by atoms with van der Waals surface area (Å²) in [5, 5.41) is 7.51. The van der Waals surface area contributed by atoms with E-state index in [1.165, 1.54) is 5.56 Å². The maximum Gasteiger partial charge on any atom is 4.00 e. The van der Waals surface area contributed by atoms with Crippen LogP contribution in [0.1, 0.15) is 17.3 Å². The van der Waals surface area contributed by atoms with Crippen LogP contribution in [0.15, 0.2) is 213 Å². The van der Waals surface area contributed by atoms with Gasteiger partial charge in [-0.25, -0.2) is 0 Å². The molecular formula is C55H40N6OPt+2. The Kier molecular flexibility index (Phi) is 10.8. The van der Waals surface area contributed by atoms with Crippen LogP contribution in [0.25, 0.3) is 49.4 Å². The summed E-state index contributed by atoms with van der Waals surface area (Å²) in [6.07, 6.45) is 10.5. The minimum atomic E-state index is -0.362. The summed E-state index contributed by atoms with van der Waals surface area (Å²) in [6, 6.07) is 69.5. The summed E-state index contributed by atoms with van der Waals surface area (Å²) < 4.78 is 5.47. The third kappa shape index (κ3) is 7.51. The van der Waals surface area contributed by atoms with Gasteiger partial charge in [-0.2, -0.15) is 0 Å². The summed E-state index contributed by atoms with van der Waals surface area (Å²) in [5.41, 5.74) is 13.6. The number of fused-ring (bicyclic) bond motifs is 4.